The molecule has 2 heterocycles. The molecule has 0 fully saturated rings. The predicted octanol–water partition coefficient (Wildman–Crippen LogP) is 3.57. The van der Waals surface area contributed by atoms with Gasteiger partial charge < -0.3 is 24.9 Å². The first-order valence-corrected chi connectivity index (χ1v) is 11.0. The van der Waals surface area contributed by atoms with Crippen molar-refractivity contribution in [2.24, 2.45) is 0 Å². The van der Waals surface area contributed by atoms with Gasteiger partial charge in [-0.3, -0.25) is 9.59 Å². The minimum atomic E-state index is -0.561. The Bertz CT molecular complexity index is 1220. The Labute approximate surface area is 189 Å². The van der Waals surface area contributed by atoms with Gasteiger partial charge in [0.05, 0.1) is 19.8 Å². The largest absolute Gasteiger partial charge is 0.502 e. The van der Waals surface area contributed by atoms with Gasteiger partial charge in [-0.1, -0.05) is 41.6 Å². The molecule has 32 heavy (non-hydrogen) atoms. The molecule has 0 saturated heterocycles. The number of nitrogens with zero attached hydrogens (tertiary/aromatic N) is 1. The topological polar surface area (TPSA) is 114 Å². The van der Waals surface area contributed by atoms with Crippen molar-refractivity contribution in [2.75, 3.05) is 19.5 Å². The molecule has 1 aliphatic heterocycles. The number of benzene rings is 2. The summed E-state index contributed by atoms with van der Waals surface area (Å²) < 4.78 is 10.5. The number of hydrogen-bond acceptors (Lipinski definition) is 7. The number of aryl methyl sites for hydroxylation is 1. The van der Waals surface area contributed by atoms with E-state index in [0.717, 1.165) is 11.1 Å². The molecule has 3 N–H and O–H groups in total. The number of phenolic OH excluding ortho intramolecular Hbond substituents is 1. The van der Waals surface area contributed by atoms with Crippen LogP contribution in [0.25, 0.3) is 0 Å². The number of fused-ring (bicyclic) bond motifs is 1. The smallest absolute Gasteiger partial charge is 0.257 e. The molecule has 166 valence electrons. The van der Waals surface area contributed by atoms with Crippen molar-refractivity contribution in [1.82, 2.24) is 9.97 Å². The molecular formula is C23H23N3O5S. The molecule has 1 unspecified atom stereocenters. The number of carbonyl (C=O) groups excluding carboxylic acids is 1. The van der Waals surface area contributed by atoms with Gasteiger partial charge in [0.2, 0.25) is 11.7 Å². The van der Waals surface area contributed by atoms with Gasteiger partial charge in [0.1, 0.15) is 5.82 Å². The number of nitrogens with one attached hydrogen (secondary N) is 2. The van der Waals surface area contributed by atoms with Gasteiger partial charge in [0.25, 0.3) is 5.56 Å². The molecule has 2 aromatic carbocycles. The molecule has 1 atom stereocenters. The van der Waals surface area contributed by atoms with Crippen molar-refractivity contribution < 1.29 is 19.4 Å². The van der Waals surface area contributed by atoms with Crippen LogP contribution in [0.3, 0.4) is 0 Å². The maximum atomic E-state index is 13.0. The number of amides is 1. The fraction of sp³-hybridized carbons (Fsp3) is 0.261. The Morgan fingerprint density at radius 2 is 1.88 bits per heavy atom. The van der Waals surface area contributed by atoms with Crippen LogP contribution >= 0.6 is 11.8 Å². The number of aromatic nitrogens is 2. The van der Waals surface area contributed by atoms with E-state index >= 15 is 0 Å². The van der Waals surface area contributed by atoms with E-state index in [1.807, 2.05) is 25.1 Å². The van der Waals surface area contributed by atoms with Gasteiger partial charge in [0, 0.05) is 18.1 Å². The molecule has 1 aliphatic rings. The number of ether oxygens (including phenoxy) is 2. The van der Waals surface area contributed by atoms with Crippen molar-refractivity contribution in [3.8, 4) is 17.2 Å². The number of anilines is 1. The van der Waals surface area contributed by atoms with Gasteiger partial charge in [-0.25, -0.2) is 4.98 Å². The molecule has 0 radical (unpaired) electrons. The molecule has 3 aromatic rings. The molecule has 0 aliphatic carbocycles. The highest BCUT2D eigenvalue weighted by Crippen LogP contribution is 2.43. The minimum absolute atomic E-state index is 0.0601. The Hall–Kier alpha value is -3.46. The zero-order valence-electron chi connectivity index (χ0n) is 17.9. The summed E-state index contributed by atoms with van der Waals surface area (Å²) in [5.74, 6) is 0.313. The molecule has 0 spiro atoms. The van der Waals surface area contributed by atoms with E-state index < -0.39 is 5.92 Å². The lowest BCUT2D eigenvalue weighted by atomic mass is 9.86. The summed E-state index contributed by atoms with van der Waals surface area (Å²) in [5.41, 5.74) is 2.92. The second kappa shape index (κ2) is 8.96. The number of H-pyrrole nitrogens is 1. The number of aromatic amines is 1. The summed E-state index contributed by atoms with van der Waals surface area (Å²) in [6.45, 7) is 2.02. The first-order chi connectivity index (χ1) is 15.4. The maximum Gasteiger partial charge on any atom is 0.257 e. The number of carbonyl (C=O) groups is 1. The average Bonchev–Trinajstić information content (AvgIpc) is 2.77. The Balaban J connectivity index is 1.70. The number of methoxy groups -OCH3 is 2. The van der Waals surface area contributed by atoms with E-state index in [0.29, 0.717) is 22.0 Å². The van der Waals surface area contributed by atoms with Crippen molar-refractivity contribution >= 4 is 23.5 Å². The summed E-state index contributed by atoms with van der Waals surface area (Å²) in [7, 11) is 2.85. The van der Waals surface area contributed by atoms with Crippen LogP contribution in [-0.4, -0.2) is 35.2 Å². The molecule has 9 heteroatoms. The lowest BCUT2D eigenvalue weighted by Gasteiger charge is -2.25. The SMILES string of the molecule is COc1cc(C2CC(=O)Nc3nc(SCc4cccc(C)c4)[nH]c(=O)c32)cc(OC)c1O. The van der Waals surface area contributed by atoms with Crippen molar-refractivity contribution in [3.05, 3.63) is 69.0 Å². The summed E-state index contributed by atoms with van der Waals surface area (Å²) >= 11 is 1.39. The number of rotatable bonds is 6. The molecular weight excluding hydrogens is 430 g/mol. The third kappa shape index (κ3) is 4.29. The van der Waals surface area contributed by atoms with E-state index in [4.69, 9.17) is 9.47 Å². The Morgan fingerprint density at radius 1 is 1.16 bits per heavy atom. The summed E-state index contributed by atoms with van der Waals surface area (Å²) in [6, 6.07) is 11.3. The minimum Gasteiger partial charge on any atom is -0.502 e. The first-order valence-electron chi connectivity index (χ1n) is 9.97. The van der Waals surface area contributed by atoms with Crippen LogP contribution in [0, 0.1) is 6.92 Å². The summed E-state index contributed by atoms with van der Waals surface area (Å²) in [4.78, 5) is 32.8. The average molecular weight is 454 g/mol. The van der Waals surface area contributed by atoms with Gasteiger partial charge >= 0.3 is 0 Å². The number of phenols is 1. The zero-order valence-corrected chi connectivity index (χ0v) is 18.7. The quantitative estimate of drug-likeness (QED) is 0.386. The molecule has 8 nitrogen and oxygen atoms in total. The van der Waals surface area contributed by atoms with Crippen molar-refractivity contribution in [2.45, 2.75) is 30.2 Å². The number of hydrogen-bond donors (Lipinski definition) is 3. The van der Waals surface area contributed by atoms with E-state index in [1.54, 1.807) is 12.1 Å². The third-order valence-electron chi connectivity index (χ3n) is 5.29. The second-order valence-corrected chi connectivity index (χ2v) is 8.45. The normalized spacial score (nSPS) is 15.1. The van der Waals surface area contributed by atoms with Gasteiger partial charge in [0.15, 0.2) is 16.7 Å². The first kappa shape index (κ1) is 21.8. The van der Waals surface area contributed by atoms with Gasteiger partial charge in [-0.15, -0.1) is 0 Å². The van der Waals surface area contributed by atoms with E-state index in [2.05, 4.69) is 21.4 Å². The van der Waals surface area contributed by atoms with Crippen LogP contribution in [-0.2, 0) is 10.5 Å². The molecule has 4 rings (SSSR count). The highest BCUT2D eigenvalue weighted by molar-refractivity contribution is 7.98. The summed E-state index contributed by atoms with van der Waals surface area (Å²) in [6.07, 6.45) is 0.0601. The van der Waals surface area contributed by atoms with E-state index in [9.17, 15) is 14.7 Å². The van der Waals surface area contributed by atoms with Gasteiger partial charge in [-0.05, 0) is 30.2 Å². The number of thioether (sulfide) groups is 1. The van der Waals surface area contributed by atoms with Crippen LogP contribution in [0.1, 0.15) is 34.6 Å². The van der Waals surface area contributed by atoms with Crippen LogP contribution < -0.4 is 20.3 Å². The van der Waals surface area contributed by atoms with Crippen LogP contribution in [0.2, 0.25) is 0 Å². The fourth-order valence-corrected chi connectivity index (χ4v) is 4.58. The Kier molecular flexibility index (Phi) is 6.09. The standard InChI is InChI=1S/C23H23N3O5S/c1-12-5-4-6-13(7-12)11-32-23-25-21-19(22(29)26-23)15(10-18(27)24-21)14-8-16(30-2)20(28)17(9-14)31-3/h4-9,15,28H,10-11H2,1-3H3,(H2,24,25,26,27,29). The van der Waals surface area contributed by atoms with Gasteiger partial charge in [-0.2, -0.15) is 0 Å². The van der Waals surface area contributed by atoms with E-state index in [-0.39, 0.29) is 41.0 Å². The highest BCUT2D eigenvalue weighted by atomic mass is 32.2. The second-order valence-electron chi connectivity index (χ2n) is 7.49. The monoisotopic (exact) mass is 453 g/mol. The van der Waals surface area contributed by atoms with Crippen molar-refractivity contribution in [3.63, 3.8) is 0 Å². The molecule has 0 saturated carbocycles. The molecule has 0 bridgehead atoms. The van der Waals surface area contributed by atoms with Crippen LogP contribution in [0.5, 0.6) is 17.2 Å². The molecule has 1 aromatic heterocycles. The number of aromatic hydroxyl groups is 1. The predicted molar refractivity (Wildman–Crippen MR) is 122 cm³/mol. The third-order valence-corrected chi connectivity index (χ3v) is 6.24. The summed E-state index contributed by atoms with van der Waals surface area (Å²) in [5, 5.41) is 13.4. The Morgan fingerprint density at radius 3 is 2.53 bits per heavy atom. The highest BCUT2D eigenvalue weighted by Gasteiger charge is 2.32. The van der Waals surface area contributed by atoms with Crippen LogP contribution in [0.4, 0.5) is 5.82 Å². The fourth-order valence-electron chi connectivity index (χ4n) is 3.77. The maximum absolute atomic E-state index is 13.0. The lowest BCUT2D eigenvalue weighted by molar-refractivity contribution is -0.116. The van der Waals surface area contributed by atoms with Crippen LogP contribution in [0.15, 0.2) is 46.3 Å². The molecule has 1 amide bonds. The van der Waals surface area contributed by atoms with Crippen molar-refractivity contribution in [1.29, 1.82) is 0 Å². The zero-order chi connectivity index (χ0) is 22.8. The lowest BCUT2D eigenvalue weighted by Crippen LogP contribution is -2.31. The van der Waals surface area contributed by atoms with E-state index in [1.165, 1.54) is 26.0 Å².